The van der Waals surface area contributed by atoms with Crippen LogP contribution in [0.3, 0.4) is 0 Å². The van der Waals surface area contributed by atoms with Crippen LogP contribution in [0.4, 0.5) is 39.5 Å². The van der Waals surface area contributed by atoms with Crippen molar-refractivity contribution in [3.63, 3.8) is 0 Å². The molecular formula is C37H46BF9NO3+. The second kappa shape index (κ2) is 18.3. The summed E-state index contributed by atoms with van der Waals surface area (Å²) in [5, 5.41) is 0. The molecule has 0 aromatic heterocycles. The number of quaternary nitrogens is 1. The maximum Gasteiger partial charge on any atom is 0.864 e. The molecule has 0 amide bonds. The molecule has 0 saturated heterocycles. The molecule has 0 aliphatic carbocycles. The van der Waals surface area contributed by atoms with Gasteiger partial charge in [0.25, 0.3) is 0 Å². The number of hydrogen-bond donors (Lipinski definition) is 0. The van der Waals surface area contributed by atoms with E-state index in [4.69, 9.17) is 14.0 Å². The van der Waals surface area contributed by atoms with Crippen molar-refractivity contribution < 1.29 is 58.0 Å². The van der Waals surface area contributed by atoms with Crippen LogP contribution in [-0.2, 0) is 18.5 Å². The quantitative estimate of drug-likeness (QED) is 0.0531. The van der Waals surface area contributed by atoms with Crippen molar-refractivity contribution in [1.82, 2.24) is 0 Å². The molecule has 0 fully saturated rings. The summed E-state index contributed by atoms with van der Waals surface area (Å²) in [7, 11) is -1.82. The highest BCUT2D eigenvalue weighted by molar-refractivity contribution is 6.39. The molecule has 282 valence electrons. The van der Waals surface area contributed by atoms with E-state index in [1.807, 2.05) is 20.8 Å². The average Bonchev–Trinajstić information content (AvgIpc) is 3.07. The molecular weight excluding hydrogens is 688 g/mol. The summed E-state index contributed by atoms with van der Waals surface area (Å²) >= 11 is 0. The van der Waals surface area contributed by atoms with Gasteiger partial charge in [0.1, 0.15) is 23.3 Å². The lowest BCUT2D eigenvalue weighted by molar-refractivity contribution is -0.953. The van der Waals surface area contributed by atoms with Gasteiger partial charge in [-0.15, -0.1) is 0 Å². The second-order valence-corrected chi connectivity index (χ2v) is 12.5. The highest BCUT2D eigenvalue weighted by atomic mass is 19.4. The van der Waals surface area contributed by atoms with Gasteiger partial charge in [0.15, 0.2) is 0 Å². The summed E-state index contributed by atoms with van der Waals surface area (Å²) in [6.07, 6.45) is -6.33. The minimum Gasteiger partial charge on any atom is -0.490 e. The number of halogens is 9. The summed E-state index contributed by atoms with van der Waals surface area (Å²) < 4.78 is 140. The van der Waals surface area contributed by atoms with Crippen molar-refractivity contribution in [3.8, 4) is 17.2 Å². The van der Waals surface area contributed by atoms with Crippen LogP contribution >= 0.6 is 0 Å². The van der Waals surface area contributed by atoms with Crippen LogP contribution in [0, 0.1) is 0 Å². The van der Waals surface area contributed by atoms with Gasteiger partial charge in [-0.2, -0.15) is 39.5 Å². The topological polar surface area (TPSA) is 27.7 Å². The molecule has 1 atom stereocenters. The molecule has 0 radical (unpaired) electrons. The largest absolute Gasteiger partial charge is 0.864 e. The molecule has 3 rings (SSSR count). The van der Waals surface area contributed by atoms with E-state index < -0.39 is 48.6 Å². The van der Waals surface area contributed by atoms with Gasteiger partial charge in [-0.1, -0.05) is 45.4 Å². The van der Waals surface area contributed by atoms with Crippen LogP contribution in [0.25, 0.3) is 0 Å². The fraction of sp³-hybridized carbons (Fsp3) is 0.514. The summed E-state index contributed by atoms with van der Waals surface area (Å²) in [6, 6.07) is 9.74. The predicted molar refractivity (Wildman–Crippen MR) is 179 cm³/mol. The van der Waals surface area contributed by atoms with E-state index in [1.54, 1.807) is 0 Å². The van der Waals surface area contributed by atoms with E-state index in [1.165, 1.54) is 0 Å². The Balaban J connectivity index is 2.08. The smallest absolute Gasteiger partial charge is 0.490 e. The highest BCUT2D eigenvalue weighted by Crippen LogP contribution is 2.42. The molecule has 4 nitrogen and oxygen atoms in total. The van der Waals surface area contributed by atoms with E-state index in [0.717, 1.165) is 112 Å². The van der Waals surface area contributed by atoms with Crippen molar-refractivity contribution in [2.45, 2.75) is 104 Å². The molecule has 0 spiro atoms. The molecule has 0 aliphatic heterocycles. The number of hydrogen-bond acceptors (Lipinski definition) is 3. The molecule has 14 heteroatoms. The Morgan fingerprint density at radius 2 is 0.941 bits per heavy atom. The Kier molecular flexibility index (Phi) is 15.0. The van der Waals surface area contributed by atoms with E-state index in [2.05, 4.69) is 6.92 Å². The van der Waals surface area contributed by atoms with Gasteiger partial charge in [-0.05, 0) is 93.9 Å². The lowest BCUT2D eigenvalue weighted by atomic mass is 9.92. The van der Waals surface area contributed by atoms with E-state index in [0.29, 0.717) is 30.5 Å². The van der Waals surface area contributed by atoms with Crippen LogP contribution in [0.1, 0.15) is 107 Å². The van der Waals surface area contributed by atoms with Gasteiger partial charge < -0.3 is 18.4 Å². The van der Waals surface area contributed by atoms with Gasteiger partial charge in [0, 0.05) is 6.42 Å². The van der Waals surface area contributed by atoms with E-state index in [-0.39, 0.29) is 22.8 Å². The Morgan fingerprint density at radius 1 is 0.529 bits per heavy atom. The lowest BCUT2D eigenvalue weighted by Crippen LogP contribution is -2.50. The zero-order valence-electron chi connectivity index (χ0n) is 29.4. The molecule has 1 unspecified atom stereocenters. The standard InChI is InChI=1S/C37H46BF9NO3/c1-5-9-10-11-12-13-14-15-33(48(6-2,7-3)8-4)32-26-29(37(45,46)47)20-25-34(32)51-38(49-30-21-16-27(17-22-30)35(39,40)41)50-31-23-18-28(19-24-31)36(42,43)44/h16-26,33H,5-15H2,1-4H3/q+1. The van der Waals surface area contributed by atoms with Crippen LogP contribution in [0.5, 0.6) is 17.2 Å². The lowest BCUT2D eigenvalue weighted by Gasteiger charge is -2.44. The van der Waals surface area contributed by atoms with Crippen molar-refractivity contribution in [2.75, 3.05) is 19.6 Å². The third kappa shape index (κ3) is 12.0. The second-order valence-electron chi connectivity index (χ2n) is 12.5. The molecule has 3 aromatic rings. The first-order valence-corrected chi connectivity index (χ1v) is 17.4. The SMILES string of the molecule is CCCCCCCCCC(c1cc(C(F)(F)F)ccc1OB(Oc1ccc(C(F)(F)F)cc1)Oc1ccc(C(F)(F)F)cc1)[N+](CC)(CC)CC. The molecule has 0 aliphatic rings. The molecule has 0 heterocycles. The van der Waals surface area contributed by atoms with Crippen molar-refractivity contribution in [2.24, 2.45) is 0 Å². The normalized spacial score (nSPS) is 13.2. The summed E-state index contributed by atoms with van der Waals surface area (Å²) in [4.78, 5) is 0. The van der Waals surface area contributed by atoms with E-state index in [9.17, 15) is 39.5 Å². The third-order valence-corrected chi connectivity index (χ3v) is 9.38. The minimum atomic E-state index is -4.68. The Bertz CT molecular complexity index is 1410. The maximum absolute atomic E-state index is 14.2. The fourth-order valence-corrected chi connectivity index (χ4v) is 6.29. The minimum absolute atomic E-state index is 0.0161. The van der Waals surface area contributed by atoms with Crippen molar-refractivity contribution >= 4 is 7.32 Å². The zero-order chi connectivity index (χ0) is 37.9. The number of nitrogens with zero attached hydrogens (tertiary/aromatic N) is 1. The first-order valence-electron chi connectivity index (χ1n) is 17.4. The average molecular weight is 735 g/mol. The molecule has 51 heavy (non-hydrogen) atoms. The van der Waals surface area contributed by atoms with Gasteiger partial charge >= 0.3 is 25.9 Å². The van der Waals surface area contributed by atoms with Crippen LogP contribution < -0.4 is 14.0 Å². The summed E-state index contributed by atoms with van der Waals surface area (Å²) in [5.74, 6) is -0.305. The van der Waals surface area contributed by atoms with Crippen LogP contribution in [0.2, 0.25) is 0 Å². The first-order chi connectivity index (χ1) is 24.0. The molecule has 3 aromatic carbocycles. The predicted octanol–water partition coefficient (Wildman–Crippen LogP) is 12.3. The van der Waals surface area contributed by atoms with Crippen molar-refractivity contribution in [1.29, 1.82) is 0 Å². The first kappa shape index (κ1) is 41.9. The van der Waals surface area contributed by atoms with Crippen LogP contribution in [0.15, 0.2) is 66.7 Å². The number of unbranched alkanes of at least 4 members (excludes halogenated alkanes) is 6. The van der Waals surface area contributed by atoms with Gasteiger partial charge in [0.2, 0.25) is 0 Å². The number of rotatable bonds is 19. The number of alkyl halides is 9. The van der Waals surface area contributed by atoms with E-state index >= 15 is 0 Å². The molecule has 0 N–H and O–H groups in total. The van der Waals surface area contributed by atoms with Gasteiger partial charge in [-0.25, -0.2) is 0 Å². The van der Waals surface area contributed by atoms with Gasteiger partial charge in [-0.3, -0.25) is 0 Å². The fourth-order valence-electron chi connectivity index (χ4n) is 6.29. The third-order valence-electron chi connectivity index (χ3n) is 9.38. The maximum atomic E-state index is 14.2. The zero-order valence-corrected chi connectivity index (χ0v) is 29.4. The summed E-state index contributed by atoms with van der Waals surface area (Å²) in [6.45, 7) is 9.88. The van der Waals surface area contributed by atoms with Crippen molar-refractivity contribution in [3.05, 3.63) is 89.0 Å². The highest BCUT2D eigenvalue weighted by Gasteiger charge is 2.41. The van der Waals surface area contributed by atoms with Gasteiger partial charge in [0.05, 0.1) is 41.9 Å². The molecule has 0 saturated carbocycles. The Labute approximate surface area is 294 Å². The number of benzene rings is 3. The molecule has 0 bridgehead atoms. The Hall–Kier alpha value is -3.55. The van der Waals surface area contributed by atoms with Crippen LogP contribution in [-0.4, -0.2) is 31.4 Å². The summed E-state index contributed by atoms with van der Waals surface area (Å²) in [5.41, 5.74) is -2.55. The Morgan fingerprint density at radius 3 is 1.35 bits per heavy atom. The monoisotopic (exact) mass is 734 g/mol.